The third-order valence-electron chi connectivity index (χ3n) is 3.78. The molecule has 4 heteroatoms. The minimum atomic E-state index is 0.521. The molecule has 3 rings (SSSR count). The first-order chi connectivity index (χ1) is 9.86. The van der Waals surface area contributed by atoms with Gasteiger partial charge in [-0.1, -0.05) is 6.92 Å². The Bertz CT molecular complexity index is 530. The zero-order valence-electron chi connectivity index (χ0n) is 12.0. The average molecular weight is 270 g/mol. The summed E-state index contributed by atoms with van der Waals surface area (Å²) < 4.78 is 2.17. The van der Waals surface area contributed by atoms with Crippen LogP contribution in [0.2, 0.25) is 0 Å². The van der Waals surface area contributed by atoms with Gasteiger partial charge in [-0.25, -0.2) is 9.97 Å². The van der Waals surface area contributed by atoms with Gasteiger partial charge in [-0.3, -0.25) is 0 Å². The summed E-state index contributed by atoms with van der Waals surface area (Å²) in [6.45, 7) is 4.05. The molecule has 0 radical (unpaired) electrons. The zero-order chi connectivity index (χ0) is 13.8. The number of hydrogen-bond acceptors (Lipinski definition) is 3. The highest BCUT2D eigenvalue weighted by molar-refractivity contribution is 5.19. The molecule has 0 saturated heterocycles. The molecule has 0 bridgehead atoms. The molecule has 1 fully saturated rings. The molecule has 1 saturated carbocycles. The largest absolute Gasteiger partial charge is 0.346 e. The van der Waals surface area contributed by atoms with Crippen molar-refractivity contribution in [1.82, 2.24) is 19.9 Å². The van der Waals surface area contributed by atoms with E-state index in [1.54, 1.807) is 12.4 Å². The second-order valence-electron chi connectivity index (χ2n) is 5.55. The quantitative estimate of drug-likeness (QED) is 0.841. The van der Waals surface area contributed by atoms with Gasteiger partial charge in [-0.2, -0.15) is 0 Å². The van der Waals surface area contributed by atoms with Crippen LogP contribution in [0.3, 0.4) is 0 Å². The van der Waals surface area contributed by atoms with Crippen molar-refractivity contribution in [2.45, 2.75) is 38.8 Å². The van der Waals surface area contributed by atoms with Gasteiger partial charge in [0.1, 0.15) is 5.82 Å². The van der Waals surface area contributed by atoms with Crippen LogP contribution < -0.4 is 5.32 Å². The van der Waals surface area contributed by atoms with Gasteiger partial charge in [0, 0.05) is 30.8 Å². The molecule has 0 aliphatic heterocycles. The van der Waals surface area contributed by atoms with Crippen LogP contribution >= 0.6 is 0 Å². The van der Waals surface area contributed by atoms with Crippen LogP contribution in [-0.2, 0) is 6.54 Å². The van der Waals surface area contributed by atoms with Gasteiger partial charge in [0.2, 0.25) is 0 Å². The Morgan fingerprint density at radius 1 is 1.35 bits per heavy atom. The van der Waals surface area contributed by atoms with E-state index in [2.05, 4.69) is 45.2 Å². The van der Waals surface area contributed by atoms with Gasteiger partial charge in [0.15, 0.2) is 0 Å². The lowest BCUT2D eigenvalue weighted by Crippen LogP contribution is -2.23. The molecular formula is C16H22N4. The van der Waals surface area contributed by atoms with Crippen molar-refractivity contribution in [2.24, 2.45) is 5.92 Å². The molecule has 2 aromatic heterocycles. The SMILES string of the molecule is CCCNC(c1ccn(Cc2ncccn2)c1)C1CC1. The van der Waals surface area contributed by atoms with Gasteiger partial charge in [0.05, 0.1) is 6.54 Å². The second kappa shape index (κ2) is 6.18. The predicted octanol–water partition coefficient (Wildman–Crippen LogP) is 2.78. The lowest BCUT2D eigenvalue weighted by atomic mass is 10.1. The van der Waals surface area contributed by atoms with Crippen LogP contribution in [0.5, 0.6) is 0 Å². The van der Waals surface area contributed by atoms with E-state index < -0.39 is 0 Å². The summed E-state index contributed by atoms with van der Waals surface area (Å²) in [5, 5.41) is 3.68. The molecule has 20 heavy (non-hydrogen) atoms. The number of nitrogens with zero attached hydrogens (tertiary/aromatic N) is 3. The number of aromatic nitrogens is 3. The Labute approximate surface area is 120 Å². The lowest BCUT2D eigenvalue weighted by molar-refractivity contribution is 0.480. The van der Waals surface area contributed by atoms with Crippen molar-refractivity contribution >= 4 is 0 Å². The highest BCUT2D eigenvalue weighted by Crippen LogP contribution is 2.41. The summed E-state index contributed by atoms with van der Waals surface area (Å²) in [5.41, 5.74) is 1.40. The average Bonchev–Trinajstić information content (AvgIpc) is 3.21. The van der Waals surface area contributed by atoms with E-state index in [4.69, 9.17) is 0 Å². The van der Waals surface area contributed by atoms with Gasteiger partial charge in [-0.15, -0.1) is 0 Å². The molecule has 0 amide bonds. The Hall–Kier alpha value is -1.68. The zero-order valence-corrected chi connectivity index (χ0v) is 12.0. The fraction of sp³-hybridized carbons (Fsp3) is 0.500. The van der Waals surface area contributed by atoms with E-state index in [-0.39, 0.29) is 0 Å². The van der Waals surface area contributed by atoms with Crippen molar-refractivity contribution in [3.8, 4) is 0 Å². The van der Waals surface area contributed by atoms with Crippen LogP contribution in [0.25, 0.3) is 0 Å². The maximum absolute atomic E-state index is 4.28. The smallest absolute Gasteiger partial charge is 0.147 e. The number of nitrogens with one attached hydrogen (secondary N) is 1. The number of hydrogen-bond donors (Lipinski definition) is 1. The Kier molecular flexibility index (Phi) is 4.11. The maximum Gasteiger partial charge on any atom is 0.147 e. The van der Waals surface area contributed by atoms with E-state index >= 15 is 0 Å². The number of rotatable bonds is 7. The molecule has 1 unspecified atom stereocenters. The first kappa shape index (κ1) is 13.3. The highest BCUT2D eigenvalue weighted by Gasteiger charge is 2.32. The molecular weight excluding hydrogens is 248 g/mol. The topological polar surface area (TPSA) is 42.7 Å². The molecule has 106 valence electrons. The Morgan fingerprint density at radius 3 is 2.85 bits per heavy atom. The molecule has 1 aliphatic rings. The third-order valence-corrected chi connectivity index (χ3v) is 3.78. The Balaban J connectivity index is 1.68. The summed E-state index contributed by atoms with van der Waals surface area (Å²) in [4.78, 5) is 8.56. The second-order valence-corrected chi connectivity index (χ2v) is 5.55. The minimum absolute atomic E-state index is 0.521. The van der Waals surface area contributed by atoms with Crippen molar-refractivity contribution in [3.63, 3.8) is 0 Å². The monoisotopic (exact) mass is 270 g/mol. The van der Waals surface area contributed by atoms with Crippen LogP contribution in [0.1, 0.15) is 43.6 Å². The van der Waals surface area contributed by atoms with Crippen molar-refractivity contribution in [2.75, 3.05) is 6.54 Å². The molecule has 2 heterocycles. The van der Waals surface area contributed by atoms with E-state index in [0.717, 1.165) is 24.8 Å². The van der Waals surface area contributed by atoms with Crippen molar-refractivity contribution in [1.29, 1.82) is 0 Å². The first-order valence-electron chi connectivity index (χ1n) is 7.51. The third kappa shape index (κ3) is 3.25. The van der Waals surface area contributed by atoms with E-state index in [0.29, 0.717) is 6.04 Å². The van der Waals surface area contributed by atoms with E-state index in [1.807, 2.05) is 6.07 Å². The summed E-state index contributed by atoms with van der Waals surface area (Å²) in [7, 11) is 0. The highest BCUT2D eigenvalue weighted by atomic mass is 15.0. The van der Waals surface area contributed by atoms with Gasteiger partial charge in [-0.05, 0) is 49.4 Å². The van der Waals surface area contributed by atoms with Crippen molar-refractivity contribution < 1.29 is 0 Å². The van der Waals surface area contributed by atoms with Gasteiger partial charge in [0.25, 0.3) is 0 Å². The summed E-state index contributed by atoms with van der Waals surface area (Å²) in [6.07, 6.45) is 11.9. The molecule has 0 aromatic carbocycles. The molecule has 0 spiro atoms. The van der Waals surface area contributed by atoms with Crippen molar-refractivity contribution in [3.05, 3.63) is 48.3 Å². The fourth-order valence-corrected chi connectivity index (χ4v) is 2.60. The summed E-state index contributed by atoms with van der Waals surface area (Å²) in [5.74, 6) is 1.68. The first-order valence-corrected chi connectivity index (χ1v) is 7.51. The van der Waals surface area contributed by atoms with Crippen LogP contribution in [0, 0.1) is 5.92 Å². The molecule has 1 aliphatic carbocycles. The fourth-order valence-electron chi connectivity index (χ4n) is 2.60. The normalized spacial score (nSPS) is 16.2. The summed E-state index contributed by atoms with van der Waals surface area (Å²) >= 11 is 0. The lowest BCUT2D eigenvalue weighted by Gasteiger charge is -2.16. The van der Waals surface area contributed by atoms with Crippen LogP contribution in [0.4, 0.5) is 0 Å². The Morgan fingerprint density at radius 2 is 2.15 bits per heavy atom. The van der Waals surface area contributed by atoms with E-state index in [1.165, 1.54) is 24.8 Å². The molecule has 4 nitrogen and oxygen atoms in total. The molecule has 1 atom stereocenters. The molecule has 2 aromatic rings. The minimum Gasteiger partial charge on any atom is -0.346 e. The standard InChI is InChI=1S/C16H22N4/c1-2-7-19-16(13-4-5-13)14-6-10-20(11-14)12-15-17-8-3-9-18-15/h3,6,8-11,13,16,19H,2,4-5,7,12H2,1H3. The summed E-state index contributed by atoms with van der Waals surface area (Å²) in [6, 6.07) is 4.60. The predicted molar refractivity (Wildman–Crippen MR) is 79.3 cm³/mol. The van der Waals surface area contributed by atoms with Gasteiger partial charge >= 0.3 is 0 Å². The van der Waals surface area contributed by atoms with E-state index in [9.17, 15) is 0 Å². The van der Waals surface area contributed by atoms with Crippen LogP contribution in [0.15, 0.2) is 36.9 Å². The maximum atomic E-state index is 4.28. The molecule has 1 N–H and O–H groups in total. The van der Waals surface area contributed by atoms with Gasteiger partial charge < -0.3 is 9.88 Å². The van der Waals surface area contributed by atoms with Crippen LogP contribution in [-0.4, -0.2) is 21.1 Å².